The first-order valence-electron chi connectivity index (χ1n) is 10.4. The Labute approximate surface area is 162 Å². The van der Waals surface area contributed by atoms with E-state index in [0.717, 1.165) is 31.7 Å². The van der Waals surface area contributed by atoms with Crippen LogP contribution < -0.4 is 11.1 Å². The zero-order chi connectivity index (χ0) is 19.1. The molecule has 0 unspecified atom stereocenters. The van der Waals surface area contributed by atoms with Gasteiger partial charge in [0.2, 0.25) is 11.8 Å². The lowest BCUT2D eigenvalue weighted by Gasteiger charge is -2.26. The van der Waals surface area contributed by atoms with E-state index in [1.54, 1.807) is 0 Å². The number of nitrogens with zero attached hydrogens (tertiary/aromatic N) is 1. The number of nitrogens with one attached hydrogen (secondary N) is 1. The second-order valence-electron chi connectivity index (χ2n) is 8.39. The SMILES string of the molecule is NC(=O)CN(CCC1CCCCC1)CC(=O)NCC1(c2ccccc2)CC1. The summed E-state index contributed by atoms with van der Waals surface area (Å²) in [7, 11) is 0. The maximum absolute atomic E-state index is 12.5. The van der Waals surface area contributed by atoms with Crippen molar-refractivity contribution in [2.45, 2.75) is 56.8 Å². The smallest absolute Gasteiger partial charge is 0.234 e. The molecule has 0 spiro atoms. The summed E-state index contributed by atoms with van der Waals surface area (Å²) in [5.41, 5.74) is 6.80. The summed E-state index contributed by atoms with van der Waals surface area (Å²) >= 11 is 0. The first-order chi connectivity index (χ1) is 13.1. The van der Waals surface area contributed by atoms with Gasteiger partial charge in [0.25, 0.3) is 0 Å². The Bertz CT molecular complexity index is 622. The standard InChI is InChI=1S/C22H33N3O2/c23-20(26)15-25(14-11-18-7-3-1-4-8-18)16-21(27)24-17-22(12-13-22)19-9-5-2-6-10-19/h2,5-6,9-10,18H,1,3-4,7-8,11-17H2,(H2,23,26)(H,24,27). The lowest BCUT2D eigenvalue weighted by molar-refractivity contribution is -0.124. The first kappa shape index (κ1) is 19.9. The van der Waals surface area contributed by atoms with Crippen molar-refractivity contribution in [1.29, 1.82) is 0 Å². The fourth-order valence-electron chi connectivity index (χ4n) is 4.31. The van der Waals surface area contributed by atoms with E-state index in [9.17, 15) is 9.59 Å². The minimum Gasteiger partial charge on any atom is -0.369 e. The van der Waals surface area contributed by atoms with Gasteiger partial charge in [-0.15, -0.1) is 0 Å². The second-order valence-corrected chi connectivity index (χ2v) is 8.39. The molecule has 5 nitrogen and oxygen atoms in total. The Balaban J connectivity index is 1.46. The molecule has 0 saturated heterocycles. The van der Waals surface area contributed by atoms with Gasteiger partial charge in [-0.05, 0) is 37.3 Å². The molecule has 0 radical (unpaired) electrons. The van der Waals surface area contributed by atoms with Crippen molar-refractivity contribution in [3.05, 3.63) is 35.9 Å². The molecule has 148 valence electrons. The zero-order valence-electron chi connectivity index (χ0n) is 16.3. The number of benzene rings is 1. The summed E-state index contributed by atoms with van der Waals surface area (Å²) < 4.78 is 0. The zero-order valence-corrected chi connectivity index (χ0v) is 16.3. The first-order valence-corrected chi connectivity index (χ1v) is 10.4. The van der Waals surface area contributed by atoms with Gasteiger partial charge in [0, 0.05) is 12.0 Å². The molecule has 3 N–H and O–H groups in total. The number of carbonyl (C=O) groups excluding carboxylic acids is 2. The van der Waals surface area contributed by atoms with Crippen molar-refractivity contribution in [3.8, 4) is 0 Å². The molecule has 1 aromatic carbocycles. The number of primary amides is 1. The van der Waals surface area contributed by atoms with Crippen LogP contribution in [0.5, 0.6) is 0 Å². The van der Waals surface area contributed by atoms with Crippen molar-refractivity contribution in [1.82, 2.24) is 10.2 Å². The monoisotopic (exact) mass is 371 g/mol. The van der Waals surface area contributed by atoms with E-state index in [-0.39, 0.29) is 30.3 Å². The van der Waals surface area contributed by atoms with Crippen LogP contribution in [0, 0.1) is 5.92 Å². The Morgan fingerprint density at radius 2 is 1.78 bits per heavy atom. The Kier molecular flexibility index (Phi) is 6.89. The second kappa shape index (κ2) is 9.36. The van der Waals surface area contributed by atoms with E-state index >= 15 is 0 Å². The summed E-state index contributed by atoms with van der Waals surface area (Å²) in [6.45, 7) is 1.85. The molecular weight excluding hydrogens is 338 g/mol. The van der Waals surface area contributed by atoms with Gasteiger partial charge in [0.05, 0.1) is 13.1 Å². The molecule has 0 heterocycles. The molecule has 2 amide bonds. The van der Waals surface area contributed by atoms with Crippen molar-refractivity contribution >= 4 is 11.8 Å². The van der Waals surface area contributed by atoms with E-state index in [4.69, 9.17) is 5.73 Å². The Hall–Kier alpha value is -1.88. The maximum atomic E-state index is 12.5. The van der Waals surface area contributed by atoms with Gasteiger partial charge in [-0.3, -0.25) is 14.5 Å². The van der Waals surface area contributed by atoms with Gasteiger partial charge in [-0.1, -0.05) is 62.4 Å². The van der Waals surface area contributed by atoms with Gasteiger partial charge in [-0.25, -0.2) is 0 Å². The molecule has 0 bridgehead atoms. The highest BCUT2D eigenvalue weighted by atomic mass is 16.2. The molecule has 2 aliphatic carbocycles. The van der Waals surface area contributed by atoms with Crippen LogP contribution in [-0.2, 0) is 15.0 Å². The molecule has 2 saturated carbocycles. The van der Waals surface area contributed by atoms with Crippen LogP contribution in [-0.4, -0.2) is 42.9 Å². The Morgan fingerprint density at radius 1 is 1.07 bits per heavy atom. The highest BCUT2D eigenvalue weighted by molar-refractivity contribution is 5.80. The molecule has 27 heavy (non-hydrogen) atoms. The quantitative estimate of drug-likeness (QED) is 0.664. The lowest BCUT2D eigenvalue weighted by atomic mass is 9.87. The number of rotatable bonds is 10. The summed E-state index contributed by atoms with van der Waals surface area (Å²) in [6, 6.07) is 10.4. The summed E-state index contributed by atoms with van der Waals surface area (Å²) in [5.74, 6) is 0.349. The topological polar surface area (TPSA) is 75.4 Å². The third kappa shape index (κ3) is 6.06. The van der Waals surface area contributed by atoms with E-state index in [1.165, 1.54) is 37.7 Å². The molecule has 1 aromatic rings. The number of carbonyl (C=O) groups is 2. The molecule has 0 aromatic heterocycles. The van der Waals surface area contributed by atoms with Crippen molar-refractivity contribution in [3.63, 3.8) is 0 Å². The van der Waals surface area contributed by atoms with Crippen molar-refractivity contribution in [2.24, 2.45) is 11.7 Å². The minimum atomic E-state index is -0.366. The fourth-order valence-corrected chi connectivity index (χ4v) is 4.31. The highest BCUT2D eigenvalue weighted by Gasteiger charge is 2.44. The van der Waals surface area contributed by atoms with Crippen LogP contribution >= 0.6 is 0 Å². The number of nitrogens with two attached hydrogens (primary N) is 1. The van der Waals surface area contributed by atoms with Gasteiger partial charge in [0.1, 0.15) is 0 Å². The van der Waals surface area contributed by atoms with Crippen LogP contribution in [0.15, 0.2) is 30.3 Å². The van der Waals surface area contributed by atoms with Gasteiger partial charge >= 0.3 is 0 Å². The average Bonchev–Trinajstić information content (AvgIpc) is 3.47. The Morgan fingerprint density at radius 3 is 2.41 bits per heavy atom. The molecule has 2 fully saturated rings. The maximum Gasteiger partial charge on any atom is 0.234 e. The normalized spacial score (nSPS) is 19.0. The number of hydrogen-bond acceptors (Lipinski definition) is 3. The van der Waals surface area contributed by atoms with Gasteiger partial charge in [-0.2, -0.15) is 0 Å². The third-order valence-electron chi connectivity index (χ3n) is 6.19. The van der Waals surface area contributed by atoms with E-state index in [1.807, 2.05) is 11.0 Å². The molecule has 3 rings (SSSR count). The van der Waals surface area contributed by atoms with Gasteiger partial charge in [0.15, 0.2) is 0 Å². The minimum absolute atomic E-state index is 0.0119. The highest BCUT2D eigenvalue weighted by Crippen LogP contribution is 2.47. The predicted octanol–water partition coefficient (Wildman–Crippen LogP) is 2.59. The largest absolute Gasteiger partial charge is 0.369 e. The van der Waals surface area contributed by atoms with Crippen LogP contribution in [0.2, 0.25) is 0 Å². The number of amides is 2. The predicted molar refractivity (Wildman–Crippen MR) is 107 cm³/mol. The third-order valence-corrected chi connectivity index (χ3v) is 6.19. The summed E-state index contributed by atoms with van der Waals surface area (Å²) in [5, 5.41) is 3.09. The van der Waals surface area contributed by atoms with E-state index < -0.39 is 0 Å². The van der Waals surface area contributed by atoms with E-state index in [2.05, 4.69) is 29.6 Å². The molecule has 5 heteroatoms. The van der Waals surface area contributed by atoms with Gasteiger partial charge < -0.3 is 11.1 Å². The van der Waals surface area contributed by atoms with Crippen molar-refractivity contribution in [2.75, 3.05) is 26.2 Å². The van der Waals surface area contributed by atoms with Crippen LogP contribution in [0.3, 0.4) is 0 Å². The van der Waals surface area contributed by atoms with Crippen LogP contribution in [0.4, 0.5) is 0 Å². The fraction of sp³-hybridized carbons (Fsp3) is 0.636. The van der Waals surface area contributed by atoms with Crippen LogP contribution in [0.25, 0.3) is 0 Å². The van der Waals surface area contributed by atoms with Crippen molar-refractivity contribution < 1.29 is 9.59 Å². The molecule has 0 atom stereocenters. The summed E-state index contributed by atoms with van der Waals surface area (Å²) in [6.07, 6.45) is 9.78. The molecule has 0 aliphatic heterocycles. The van der Waals surface area contributed by atoms with E-state index in [0.29, 0.717) is 6.54 Å². The average molecular weight is 372 g/mol. The lowest BCUT2D eigenvalue weighted by Crippen LogP contribution is -2.44. The summed E-state index contributed by atoms with van der Waals surface area (Å²) in [4.78, 5) is 25.8. The number of hydrogen-bond donors (Lipinski definition) is 2. The molecular formula is C22H33N3O2. The van der Waals surface area contributed by atoms with Crippen LogP contribution in [0.1, 0.15) is 56.9 Å². The molecule has 2 aliphatic rings.